The Morgan fingerprint density at radius 1 is 1.22 bits per heavy atom. The van der Waals surface area contributed by atoms with E-state index >= 15 is 0 Å². The molecule has 1 unspecified atom stereocenters. The zero-order valence-corrected chi connectivity index (χ0v) is 11.1. The Bertz CT molecular complexity index is 458. The molecule has 0 aromatic rings. The standard InChI is InChI=1S/C16H20O2/c1-9-6-11-8-10(2)12-4-3-5-13(17)16(12)15(11)14(18)7-9/h3,5,8-9,11-12,15-16H,4,6-7H2,1-2H3/t9?,11-,12-,15-,16-/m1/s1. The van der Waals surface area contributed by atoms with Crippen molar-refractivity contribution in [1.82, 2.24) is 0 Å². The number of allylic oxidation sites excluding steroid dienone is 4. The maximum absolute atomic E-state index is 12.3. The number of Topliss-reactive ketones (excluding diaryl/α,β-unsaturated/α-hetero) is 1. The third-order valence-corrected chi connectivity index (χ3v) is 4.94. The first-order chi connectivity index (χ1) is 8.58. The lowest BCUT2D eigenvalue weighted by Crippen LogP contribution is -2.46. The van der Waals surface area contributed by atoms with Gasteiger partial charge in [0.1, 0.15) is 5.78 Å². The molecule has 0 aromatic heterocycles. The molecule has 2 nitrogen and oxygen atoms in total. The number of hydrogen-bond donors (Lipinski definition) is 0. The van der Waals surface area contributed by atoms with Gasteiger partial charge in [0.25, 0.3) is 0 Å². The molecular formula is C16H20O2. The van der Waals surface area contributed by atoms with Crippen LogP contribution in [0.3, 0.4) is 0 Å². The molecule has 96 valence electrons. The molecule has 0 aromatic carbocycles. The second kappa shape index (κ2) is 4.18. The quantitative estimate of drug-likeness (QED) is 0.614. The van der Waals surface area contributed by atoms with E-state index in [0.29, 0.717) is 24.0 Å². The van der Waals surface area contributed by atoms with Crippen LogP contribution < -0.4 is 0 Å². The number of ketones is 2. The Morgan fingerprint density at radius 3 is 2.78 bits per heavy atom. The first kappa shape index (κ1) is 11.9. The van der Waals surface area contributed by atoms with Gasteiger partial charge in [0.15, 0.2) is 5.78 Å². The number of carbonyl (C=O) groups excluding carboxylic acids is 2. The van der Waals surface area contributed by atoms with E-state index in [9.17, 15) is 9.59 Å². The lowest BCUT2D eigenvalue weighted by Gasteiger charge is -2.44. The predicted molar refractivity (Wildman–Crippen MR) is 69.9 cm³/mol. The summed E-state index contributed by atoms with van der Waals surface area (Å²) in [4.78, 5) is 24.5. The van der Waals surface area contributed by atoms with Crippen LogP contribution in [-0.2, 0) is 9.59 Å². The highest BCUT2D eigenvalue weighted by Gasteiger charge is 2.48. The largest absolute Gasteiger partial charge is 0.299 e. The topological polar surface area (TPSA) is 34.1 Å². The van der Waals surface area contributed by atoms with Gasteiger partial charge in [-0.05, 0) is 43.6 Å². The molecular weight excluding hydrogens is 224 g/mol. The van der Waals surface area contributed by atoms with E-state index in [-0.39, 0.29) is 23.5 Å². The minimum atomic E-state index is -0.0648. The summed E-state index contributed by atoms with van der Waals surface area (Å²) in [6, 6.07) is 0. The monoisotopic (exact) mass is 244 g/mol. The average Bonchev–Trinajstić information content (AvgIpc) is 2.29. The molecule has 0 spiro atoms. The summed E-state index contributed by atoms with van der Waals surface area (Å²) < 4.78 is 0. The van der Waals surface area contributed by atoms with Gasteiger partial charge in [-0.15, -0.1) is 0 Å². The normalized spacial score (nSPS) is 43.2. The van der Waals surface area contributed by atoms with Crippen molar-refractivity contribution in [3.63, 3.8) is 0 Å². The Hall–Kier alpha value is -1.18. The van der Waals surface area contributed by atoms with Gasteiger partial charge >= 0.3 is 0 Å². The average molecular weight is 244 g/mol. The number of carbonyl (C=O) groups is 2. The second-order valence-corrected chi connectivity index (χ2v) is 6.28. The third kappa shape index (κ3) is 1.70. The van der Waals surface area contributed by atoms with E-state index in [1.807, 2.05) is 6.08 Å². The lowest BCUT2D eigenvalue weighted by molar-refractivity contribution is -0.137. The maximum atomic E-state index is 12.3. The molecule has 5 atom stereocenters. The highest BCUT2D eigenvalue weighted by atomic mass is 16.1. The zero-order chi connectivity index (χ0) is 12.9. The highest BCUT2D eigenvalue weighted by molar-refractivity contribution is 5.98. The van der Waals surface area contributed by atoms with Crippen LogP contribution in [0.4, 0.5) is 0 Å². The van der Waals surface area contributed by atoms with E-state index in [0.717, 1.165) is 12.8 Å². The van der Waals surface area contributed by atoms with Crippen LogP contribution in [0.2, 0.25) is 0 Å². The molecule has 0 heterocycles. The van der Waals surface area contributed by atoms with Crippen molar-refractivity contribution in [3.8, 4) is 0 Å². The Kier molecular flexibility index (Phi) is 2.76. The lowest BCUT2D eigenvalue weighted by atomic mass is 9.58. The van der Waals surface area contributed by atoms with Crippen molar-refractivity contribution in [1.29, 1.82) is 0 Å². The first-order valence-electron chi connectivity index (χ1n) is 6.99. The van der Waals surface area contributed by atoms with Crippen molar-refractivity contribution in [3.05, 3.63) is 23.8 Å². The molecule has 1 saturated carbocycles. The fraction of sp³-hybridized carbons (Fsp3) is 0.625. The molecule has 3 aliphatic carbocycles. The van der Waals surface area contributed by atoms with Crippen molar-refractivity contribution in [2.75, 3.05) is 0 Å². The van der Waals surface area contributed by atoms with Gasteiger partial charge in [0.2, 0.25) is 0 Å². The fourth-order valence-electron chi connectivity index (χ4n) is 4.20. The Morgan fingerprint density at radius 2 is 2.00 bits per heavy atom. The molecule has 0 N–H and O–H groups in total. The van der Waals surface area contributed by atoms with E-state index in [2.05, 4.69) is 19.9 Å². The summed E-state index contributed by atoms with van der Waals surface area (Å²) in [6.45, 7) is 4.27. The summed E-state index contributed by atoms with van der Waals surface area (Å²) in [7, 11) is 0. The van der Waals surface area contributed by atoms with Gasteiger partial charge in [0, 0.05) is 18.3 Å². The second-order valence-electron chi connectivity index (χ2n) is 6.28. The molecule has 0 bridgehead atoms. The van der Waals surface area contributed by atoms with Crippen LogP contribution >= 0.6 is 0 Å². The number of rotatable bonds is 0. The Labute approximate surface area is 108 Å². The van der Waals surface area contributed by atoms with Gasteiger partial charge in [0.05, 0.1) is 0 Å². The minimum absolute atomic E-state index is 0.0349. The molecule has 18 heavy (non-hydrogen) atoms. The fourth-order valence-corrected chi connectivity index (χ4v) is 4.20. The van der Waals surface area contributed by atoms with Crippen LogP contribution in [0.1, 0.15) is 33.1 Å². The van der Waals surface area contributed by atoms with Crippen molar-refractivity contribution < 1.29 is 9.59 Å². The van der Waals surface area contributed by atoms with Crippen LogP contribution in [0.15, 0.2) is 23.8 Å². The van der Waals surface area contributed by atoms with Crippen molar-refractivity contribution >= 4 is 11.6 Å². The van der Waals surface area contributed by atoms with E-state index in [4.69, 9.17) is 0 Å². The molecule has 0 amide bonds. The van der Waals surface area contributed by atoms with Crippen LogP contribution in [0.25, 0.3) is 0 Å². The summed E-state index contributed by atoms with van der Waals surface area (Å²) >= 11 is 0. The van der Waals surface area contributed by atoms with Gasteiger partial charge in [-0.3, -0.25) is 9.59 Å². The van der Waals surface area contributed by atoms with Gasteiger partial charge < -0.3 is 0 Å². The van der Waals surface area contributed by atoms with Crippen molar-refractivity contribution in [2.45, 2.75) is 33.1 Å². The molecule has 3 rings (SSSR count). The molecule has 0 saturated heterocycles. The predicted octanol–water partition coefficient (Wildman–Crippen LogP) is 2.94. The molecule has 1 fully saturated rings. The first-order valence-corrected chi connectivity index (χ1v) is 6.99. The Balaban J connectivity index is 2.02. The van der Waals surface area contributed by atoms with Crippen LogP contribution in [0, 0.1) is 29.6 Å². The van der Waals surface area contributed by atoms with Gasteiger partial charge in [-0.25, -0.2) is 0 Å². The van der Waals surface area contributed by atoms with E-state index < -0.39 is 0 Å². The molecule has 0 aliphatic heterocycles. The van der Waals surface area contributed by atoms with E-state index in [1.54, 1.807) is 6.08 Å². The number of fused-ring (bicyclic) bond motifs is 3. The SMILES string of the molecule is CC1=C[C@H]2CC(C)CC(=O)[C@@H]2[C@H]2C(=O)C=CC[C@H]12. The molecule has 2 heteroatoms. The van der Waals surface area contributed by atoms with Gasteiger partial charge in [-0.1, -0.05) is 24.6 Å². The smallest absolute Gasteiger partial charge is 0.159 e. The highest BCUT2D eigenvalue weighted by Crippen LogP contribution is 2.48. The zero-order valence-electron chi connectivity index (χ0n) is 11.1. The summed E-state index contributed by atoms with van der Waals surface area (Å²) in [5.74, 6) is 1.45. The number of hydrogen-bond acceptors (Lipinski definition) is 2. The summed E-state index contributed by atoms with van der Waals surface area (Å²) in [5.41, 5.74) is 1.32. The summed E-state index contributed by atoms with van der Waals surface area (Å²) in [5, 5.41) is 0. The van der Waals surface area contributed by atoms with Crippen LogP contribution in [-0.4, -0.2) is 11.6 Å². The maximum Gasteiger partial charge on any atom is 0.159 e. The van der Waals surface area contributed by atoms with Gasteiger partial charge in [-0.2, -0.15) is 0 Å². The van der Waals surface area contributed by atoms with E-state index in [1.165, 1.54) is 5.57 Å². The molecule has 3 aliphatic rings. The summed E-state index contributed by atoms with van der Waals surface area (Å²) in [6.07, 6.45) is 8.60. The molecule has 0 radical (unpaired) electrons. The third-order valence-electron chi connectivity index (χ3n) is 4.94. The van der Waals surface area contributed by atoms with Crippen molar-refractivity contribution in [2.24, 2.45) is 29.6 Å². The van der Waals surface area contributed by atoms with Crippen LogP contribution in [0.5, 0.6) is 0 Å². The minimum Gasteiger partial charge on any atom is -0.299 e.